The van der Waals surface area contributed by atoms with E-state index in [4.69, 9.17) is 0 Å². The van der Waals surface area contributed by atoms with E-state index < -0.39 is 11.6 Å². The fraction of sp³-hybridized carbons (Fsp3) is 0.250. The van der Waals surface area contributed by atoms with Crippen molar-refractivity contribution in [3.8, 4) is 0 Å². The van der Waals surface area contributed by atoms with Crippen molar-refractivity contribution in [3.63, 3.8) is 0 Å². The van der Waals surface area contributed by atoms with Crippen molar-refractivity contribution in [2.45, 2.75) is 13.1 Å². The van der Waals surface area contributed by atoms with Gasteiger partial charge in [0.1, 0.15) is 11.6 Å². The Balaban J connectivity index is 2.00. The van der Waals surface area contributed by atoms with Gasteiger partial charge in [0.05, 0.1) is 10.7 Å². The highest BCUT2D eigenvalue weighted by Crippen LogP contribution is 2.21. The Labute approximate surface area is 112 Å². The van der Waals surface area contributed by atoms with E-state index in [1.807, 2.05) is 13.2 Å². The molecular formula is C12H12BrF2N3. The standard InChI is InChI=1S/C12H12BrF2N3/c1-18-7-8(5-17-18)4-16-6-9-11(14)3-2-10(13)12(9)15/h2-3,5,7,16H,4,6H2,1H3. The average molecular weight is 316 g/mol. The summed E-state index contributed by atoms with van der Waals surface area (Å²) in [4.78, 5) is 0. The molecule has 0 aliphatic carbocycles. The van der Waals surface area contributed by atoms with Crippen molar-refractivity contribution in [2.24, 2.45) is 7.05 Å². The van der Waals surface area contributed by atoms with Crippen LogP contribution in [-0.4, -0.2) is 9.78 Å². The third-order valence-corrected chi connectivity index (χ3v) is 3.14. The van der Waals surface area contributed by atoms with Gasteiger partial charge in [-0.05, 0) is 28.1 Å². The second-order valence-corrected chi connectivity index (χ2v) is 4.80. The molecule has 0 spiro atoms. The number of aryl methyl sites for hydroxylation is 1. The Morgan fingerprint density at radius 3 is 2.78 bits per heavy atom. The van der Waals surface area contributed by atoms with Crippen LogP contribution in [-0.2, 0) is 20.1 Å². The maximum absolute atomic E-state index is 13.6. The third kappa shape index (κ3) is 2.94. The van der Waals surface area contributed by atoms with Crippen LogP contribution in [0, 0.1) is 11.6 Å². The Morgan fingerprint density at radius 2 is 2.11 bits per heavy atom. The monoisotopic (exact) mass is 315 g/mol. The van der Waals surface area contributed by atoms with Crippen molar-refractivity contribution >= 4 is 15.9 Å². The first kappa shape index (κ1) is 13.2. The molecule has 96 valence electrons. The van der Waals surface area contributed by atoms with Crippen molar-refractivity contribution < 1.29 is 8.78 Å². The number of hydrogen-bond donors (Lipinski definition) is 1. The molecule has 1 aromatic heterocycles. The van der Waals surface area contributed by atoms with Gasteiger partial charge in [0, 0.05) is 37.5 Å². The van der Waals surface area contributed by atoms with Gasteiger partial charge < -0.3 is 5.32 Å². The van der Waals surface area contributed by atoms with Gasteiger partial charge in [-0.1, -0.05) is 0 Å². The van der Waals surface area contributed by atoms with Gasteiger partial charge in [-0.15, -0.1) is 0 Å². The summed E-state index contributed by atoms with van der Waals surface area (Å²) in [5, 5.41) is 7.00. The maximum atomic E-state index is 13.6. The molecule has 0 saturated carbocycles. The van der Waals surface area contributed by atoms with Crippen LogP contribution in [0.5, 0.6) is 0 Å². The molecule has 0 unspecified atom stereocenters. The molecule has 1 heterocycles. The van der Waals surface area contributed by atoms with E-state index in [9.17, 15) is 8.78 Å². The highest BCUT2D eigenvalue weighted by Gasteiger charge is 2.11. The minimum atomic E-state index is -0.561. The van der Waals surface area contributed by atoms with Crippen molar-refractivity contribution in [2.75, 3.05) is 0 Å². The van der Waals surface area contributed by atoms with Gasteiger partial charge in [0.25, 0.3) is 0 Å². The summed E-state index contributed by atoms with van der Waals surface area (Å²) in [6, 6.07) is 2.60. The second-order valence-electron chi connectivity index (χ2n) is 3.95. The Bertz CT molecular complexity index is 554. The zero-order valence-corrected chi connectivity index (χ0v) is 11.3. The molecule has 0 bridgehead atoms. The number of benzene rings is 1. The minimum absolute atomic E-state index is 0.0354. The number of rotatable bonds is 4. The lowest BCUT2D eigenvalue weighted by Gasteiger charge is -2.07. The topological polar surface area (TPSA) is 29.9 Å². The number of halogens is 3. The molecule has 0 fully saturated rings. The Kier molecular flexibility index (Phi) is 4.08. The van der Waals surface area contributed by atoms with Crippen LogP contribution in [0.1, 0.15) is 11.1 Å². The molecule has 0 amide bonds. The van der Waals surface area contributed by atoms with E-state index in [2.05, 4.69) is 26.3 Å². The Morgan fingerprint density at radius 1 is 1.33 bits per heavy atom. The summed E-state index contributed by atoms with van der Waals surface area (Å²) in [7, 11) is 1.82. The summed E-state index contributed by atoms with van der Waals surface area (Å²) >= 11 is 3.04. The number of hydrogen-bond acceptors (Lipinski definition) is 2. The zero-order valence-electron chi connectivity index (χ0n) is 9.75. The molecule has 0 aliphatic heterocycles. The van der Waals surface area contributed by atoms with Crippen LogP contribution in [0.4, 0.5) is 8.78 Å². The second kappa shape index (κ2) is 5.58. The highest BCUT2D eigenvalue weighted by molar-refractivity contribution is 9.10. The van der Waals surface area contributed by atoms with Gasteiger partial charge in [-0.25, -0.2) is 8.78 Å². The average Bonchev–Trinajstić information content (AvgIpc) is 2.74. The summed E-state index contributed by atoms with van der Waals surface area (Å²) in [6.45, 7) is 0.644. The van der Waals surface area contributed by atoms with Crippen LogP contribution in [0.3, 0.4) is 0 Å². The molecule has 1 N–H and O–H groups in total. The zero-order chi connectivity index (χ0) is 13.1. The van der Waals surface area contributed by atoms with E-state index >= 15 is 0 Å². The van der Waals surface area contributed by atoms with Gasteiger partial charge in [-0.3, -0.25) is 4.68 Å². The van der Waals surface area contributed by atoms with E-state index in [0.717, 1.165) is 5.56 Å². The molecule has 2 aromatic rings. The largest absolute Gasteiger partial charge is 0.308 e. The van der Waals surface area contributed by atoms with Crippen molar-refractivity contribution in [3.05, 3.63) is 51.8 Å². The highest BCUT2D eigenvalue weighted by atomic mass is 79.9. The fourth-order valence-electron chi connectivity index (χ4n) is 1.63. The molecule has 1 aromatic carbocycles. The molecule has 6 heteroatoms. The van der Waals surface area contributed by atoms with Crippen LogP contribution < -0.4 is 5.32 Å². The van der Waals surface area contributed by atoms with Crippen LogP contribution in [0.2, 0.25) is 0 Å². The molecule has 3 nitrogen and oxygen atoms in total. The molecule has 0 aliphatic rings. The van der Waals surface area contributed by atoms with Crippen LogP contribution in [0.25, 0.3) is 0 Å². The van der Waals surface area contributed by atoms with E-state index in [-0.39, 0.29) is 16.6 Å². The smallest absolute Gasteiger partial charge is 0.144 e. The molecule has 18 heavy (non-hydrogen) atoms. The SMILES string of the molecule is Cn1cc(CNCc2c(F)ccc(Br)c2F)cn1. The van der Waals surface area contributed by atoms with Gasteiger partial charge in [0.2, 0.25) is 0 Å². The summed E-state index contributed by atoms with van der Waals surface area (Å²) < 4.78 is 29.0. The van der Waals surface area contributed by atoms with Gasteiger partial charge in [0.15, 0.2) is 0 Å². The first-order valence-electron chi connectivity index (χ1n) is 5.38. The van der Waals surface area contributed by atoms with Crippen molar-refractivity contribution in [1.29, 1.82) is 0 Å². The molecule has 0 atom stereocenters. The summed E-state index contributed by atoms with van der Waals surface area (Å²) in [5.74, 6) is -1.11. The minimum Gasteiger partial charge on any atom is -0.308 e. The first-order valence-corrected chi connectivity index (χ1v) is 6.18. The van der Waals surface area contributed by atoms with Crippen LogP contribution in [0.15, 0.2) is 29.0 Å². The van der Waals surface area contributed by atoms with E-state index in [1.54, 1.807) is 10.9 Å². The normalized spacial score (nSPS) is 10.9. The lowest BCUT2D eigenvalue weighted by molar-refractivity contribution is 0.531. The number of aromatic nitrogens is 2. The van der Waals surface area contributed by atoms with Crippen molar-refractivity contribution in [1.82, 2.24) is 15.1 Å². The lowest BCUT2D eigenvalue weighted by atomic mass is 10.2. The predicted molar refractivity (Wildman–Crippen MR) is 67.8 cm³/mol. The van der Waals surface area contributed by atoms with Crippen LogP contribution >= 0.6 is 15.9 Å². The van der Waals surface area contributed by atoms with E-state index in [0.29, 0.717) is 6.54 Å². The molecular weight excluding hydrogens is 304 g/mol. The maximum Gasteiger partial charge on any atom is 0.144 e. The number of nitrogens with one attached hydrogen (secondary N) is 1. The van der Waals surface area contributed by atoms with Gasteiger partial charge in [-0.2, -0.15) is 5.10 Å². The van der Waals surface area contributed by atoms with Gasteiger partial charge >= 0.3 is 0 Å². The number of nitrogens with zero attached hydrogens (tertiary/aromatic N) is 2. The third-order valence-electron chi connectivity index (χ3n) is 2.53. The molecule has 0 radical (unpaired) electrons. The predicted octanol–water partition coefficient (Wildman–Crippen LogP) is 2.75. The van der Waals surface area contributed by atoms with E-state index in [1.165, 1.54) is 12.1 Å². The quantitative estimate of drug-likeness (QED) is 0.879. The summed E-state index contributed by atoms with van der Waals surface area (Å²) in [5.41, 5.74) is 1.00. The first-order chi connectivity index (χ1) is 8.58. The molecule has 0 saturated heterocycles. The summed E-state index contributed by atoms with van der Waals surface area (Å²) in [6.07, 6.45) is 3.56. The Hall–Kier alpha value is -1.27. The lowest BCUT2D eigenvalue weighted by Crippen LogP contribution is -2.15. The molecule has 2 rings (SSSR count). The fourth-order valence-corrected chi connectivity index (χ4v) is 2.00.